The predicted molar refractivity (Wildman–Crippen MR) is 161 cm³/mol. The van der Waals surface area contributed by atoms with Crippen LogP contribution in [0.2, 0.25) is 5.02 Å². The number of aryl methyl sites for hydroxylation is 1. The van der Waals surface area contributed by atoms with Crippen molar-refractivity contribution in [2.45, 2.75) is 25.9 Å². The molecule has 2 atom stereocenters. The third kappa shape index (κ3) is 4.67. The highest BCUT2D eigenvalue weighted by molar-refractivity contribution is 6.35. The molecular weight excluding hydrogens is 559 g/mol. The lowest BCUT2D eigenvalue weighted by molar-refractivity contribution is -0.128. The zero-order valence-corrected chi connectivity index (χ0v) is 24.0. The summed E-state index contributed by atoms with van der Waals surface area (Å²) in [5.41, 5.74) is 0.548. The number of nitrogens with zero attached hydrogens (tertiary/aromatic N) is 6. The van der Waals surface area contributed by atoms with Gasteiger partial charge in [-0.2, -0.15) is 15.1 Å². The summed E-state index contributed by atoms with van der Waals surface area (Å²) >= 11 is 6.83. The number of carbonyl (C=O) groups excluding carboxylic acids is 1. The molecule has 0 aliphatic carbocycles. The fourth-order valence-electron chi connectivity index (χ4n) is 5.57. The summed E-state index contributed by atoms with van der Waals surface area (Å²) in [6.07, 6.45) is 2.88. The number of rotatable bonds is 5. The molecular formula is C31H28ClFN6O3. The highest BCUT2D eigenvalue weighted by Gasteiger charge is 2.34. The van der Waals surface area contributed by atoms with E-state index in [9.17, 15) is 9.90 Å². The van der Waals surface area contributed by atoms with Crippen LogP contribution in [0.25, 0.3) is 32.8 Å². The van der Waals surface area contributed by atoms with E-state index in [0.717, 1.165) is 10.8 Å². The number of anilines is 1. The summed E-state index contributed by atoms with van der Waals surface area (Å²) in [5, 5.41) is 16.6. The minimum absolute atomic E-state index is 0.00782. The molecule has 1 amide bonds. The van der Waals surface area contributed by atoms with E-state index in [1.807, 2.05) is 43.0 Å². The van der Waals surface area contributed by atoms with Gasteiger partial charge in [0.25, 0.3) is 0 Å². The standard InChI is InChI=1S/C31H28ClFN6O3/c1-5-25(41)38-15-18(3)39(16-17(38)2)30-23-14-24(32)27(22-13-20(40)12-19-8-6-7-9-21(19)22)28(33)29(23)35-31(36-30)42-26-10-11-34-37(26)4/h5-14,17-18,40H,1,15-16H2,2-4H3/t17-,18+/m1/s1. The summed E-state index contributed by atoms with van der Waals surface area (Å²) in [5.74, 6) is -0.0450. The van der Waals surface area contributed by atoms with Gasteiger partial charge in [-0.05, 0) is 54.5 Å². The molecule has 42 heavy (non-hydrogen) atoms. The normalized spacial score (nSPS) is 17.2. The monoisotopic (exact) mass is 586 g/mol. The van der Waals surface area contributed by atoms with E-state index in [-0.39, 0.29) is 45.9 Å². The quantitative estimate of drug-likeness (QED) is 0.249. The molecule has 0 unspecified atom stereocenters. The second-order valence-corrected chi connectivity index (χ2v) is 10.8. The van der Waals surface area contributed by atoms with Gasteiger partial charge in [0, 0.05) is 49.2 Å². The van der Waals surface area contributed by atoms with Crippen LogP contribution in [0.5, 0.6) is 17.6 Å². The van der Waals surface area contributed by atoms with Gasteiger partial charge in [-0.25, -0.2) is 9.07 Å². The molecule has 6 rings (SSSR count). The number of aromatic nitrogens is 4. The number of phenols is 1. The van der Waals surface area contributed by atoms with Gasteiger partial charge in [-0.1, -0.05) is 42.4 Å². The molecule has 2 aromatic heterocycles. The molecule has 9 nitrogen and oxygen atoms in total. The zero-order chi connectivity index (χ0) is 29.7. The Morgan fingerprint density at radius 1 is 1.12 bits per heavy atom. The summed E-state index contributed by atoms with van der Waals surface area (Å²) in [6, 6.07) is 13.4. The van der Waals surface area contributed by atoms with Crippen molar-refractivity contribution in [3.8, 4) is 28.8 Å². The molecule has 0 spiro atoms. The molecule has 11 heteroatoms. The number of benzene rings is 3. The number of phenolic OH excluding ortho intramolecular Hbond substituents is 1. The van der Waals surface area contributed by atoms with Crippen molar-refractivity contribution >= 4 is 45.0 Å². The maximum Gasteiger partial charge on any atom is 0.325 e. The second-order valence-electron chi connectivity index (χ2n) is 10.4. The Bertz CT molecular complexity index is 1880. The van der Waals surface area contributed by atoms with Crippen molar-refractivity contribution in [2.75, 3.05) is 18.0 Å². The second kappa shape index (κ2) is 10.6. The molecule has 1 aliphatic heterocycles. The van der Waals surface area contributed by atoms with E-state index in [4.69, 9.17) is 21.3 Å². The minimum atomic E-state index is -0.673. The third-order valence-corrected chi connectivity index (χ3v) is 7.94. The Balaban J connectivity index is 1.57. The fourth-order valence-corrected chi connectivity index (χ4v) is 5.87. The lowest BCUT2D eigenvalue weighted by Gasteiger charge is -2.44. The fraction of sp³-hybridized carbons (Fsp3) is 0.226. The highest BCUT2D eigenvalue weighted by Crippen LogP contribution is 2.43. The van der Waals surface area contributed by atoms with Gasteiger partial charge < -0.3 is 19.6 Å². The largest absolute Gasteiger partial charge is 0.508 e. The molecule has 3 heterocycles. The topological polar surface area (TPSA) is 96.6 Å². The number of halogens is 2. The third-order valence-electron chi connectivity index (χ3n) is 7.65. The van der Waals surface area contributed by atoms with E-state index < -0.39 is 5.82 Å². The van der Waals surface area contributed by atoms with E-state index in [0.29, 0.717) is 35.7 Å². The summed E-state index contributed by atoms with van der Waals surface area (Å²) in [7, 11) is 1.71. The van der Waals surface area contributed by atoms with Crippen molar-refractivity contribution in [3.05, 3.63) is 78.2 Å². The molecule has 1 fully saturated rings. The minimum Gasteiger partial charge on any atom is -0.508 e. The van der Waals surface area contributed by atoms with Gasteiger partial charge in [0.05, 0.1) is 11.2 Å². The number of fused-ring (bicyclic) bond motifs is 2. The Labute approximate surface area is 246 Å². The number of piperazine rings is 1. The van der Waals surface area contributed by atoms with E-state index in [2.05, 4.69) is 16.7 Å². The maximum absolute atomic E-state index is 16.7. The molecule has 1 saturated heterocycles. The van der Waals surface area contributed by atoms with Crippen LogP contribution in [-0.4, -0.2) is 60.8 Å². The number of carbonyl (C=O) groups is 1. The summed E-state index contributed by atoms with van der Waals surface area (Å²) in [6.45, 7) is 8.37. The van der Waals surface area contributed by atoms with Gasteiger partial charge in [-0.3, -0.25) is 4.79 Å². The van der Waals surface area contributed by atoms with E-state index >= 15 is 4.39 Å². The van der Waals surface area contributed by atoms with Crippen LogP contribution >= 0.6 is 11.6 Å². The lowest BCUT2D eigenvalue weighted by Crippen LogP contribution is -2.58. The molecule has 3 aromatic carbocycles. The number of aromatic hydroxyl groups is 1. The number of ether oxygens (including phenoxy) is 1. The Hall–Kier alpha value is -4.70. The van der Waals surface area contributed by atoms with Gasteiger partial charge in [0.15, 0.2) is 5.82 Å². The highest BCUT2D eigenvalue weighted by atomic mass is 35.5. The first-order valence-corrected chi connectivity index (χ1v) is 13.8. The molecule has 0 saturated carbocycles. The van der Waals surface area contributed by atoms with Crippen LogP contribution in [0.1, 0.15) is 13.8 Å². The average molecular weight is 587 g/mol. The van der Waals surface area contributed by atoms with Crippen LogP contribution in [0.15, 0.2) is 67.4 Å². The van der Waals surface area contributed by atoms with Crippen LogP contribution in [0.3, 0.4) is 0 Å². The molecule has 214 valence electrons. The van der Waals surface area contributed by atoms with Crippen LogP contribution in [0.4, 0.5) is 10.2 Å². The smallest absolute Gasteiger partial charge is 0.325 e. The van der Waals surface area contributed by atoms with Gasteiger partial charge in [0.1, 0.15) is 17.1 Å². The zero-order valence-electron chi connectivity index (χ0n) is 23.3. The van der Waals surface area contributed by atoms with Gasteiger partial charge in [-0.15, -0.1) is 0 Å². The Morgan fingerprint density at radius 3 is 2.64 bits per heavy atom. The number of amides is 1. The van der Waals surface area contributed by atoms with Crippen LogP contribution in [0, 0.1) is 5.82 Å². The molecule has 0 radical (unpaired) electrons. The Morgan fingerprint density at radius 2 is 1.90 bits per heavy atom. The average Bonchev–Trinajstić information content (AvgIpc) is 3.37. The van der Waals surface area contributed by atoms with Crippen LogP contribution < -0.4 is 9.64 Å². The first kappa shape index (κ1) is 27.5. The van der Waals surface area contributed by atoms with Crippen molar-refractivity contribution in [1.29, 1.82) is 0 Å². The van der Waals surface area contributed by atoms with Crippen molar-refractivity contribution < 1.29 is 19.0 Å². The molecule has 1 N–H and O–H groups in total. The number of hydrogen-bond donors (Lipinski definition) is 1. The predicted octanol–water partition coefficient (Wildman–Crippen LogP) is 6.09. The molecule has 5 aromatic rings. The van der Waals surface area contributed by atoms with Crippen molar-refractivity contribution in [1.82, 2.24) is 24.6 Å². The van der Waals surface area contributed by atoms with Crippen LogP contribution in [-0.2, 0) is 11.8 Å². The Kier molecular flexibility index (Phi) is 6.94. The van der Waals surface area contributed by atoms with E-state index in [1.165, 1.54) is 16.8 Å². The first-order chi connectivity index (χ1) is 20.2. The van der Waals surface area contributed by atoms with Crippen molar-refractivity contribution in [2.24, 2.45) is 7.05 Å². The van der Waals surface area contributed by atoms with Gasteiger partial charge >= 0.3 is 6.01 Å². The SMILES string of the molecule is C=CC(=O)N1C[C@H](C)N(c2nc(Oc3ccnn3C)nc3c(F)c(-c4cc(O)cc5ccccc45)c(Cl)cc23)C[C@H]1C. The molecule has 1 aliphatic rings. The first-order valence-electron chi connectivity index (χ1n) is 13.4. The number of hydrogen-bond acceptors (Lipinski definition) is 7. The van der Waals surface area contributed by atoms with Crippen molar-refractivity contribution in [3.63, 3.8) is 0 Å². The lowest BCUT2D eigenvalue weighted by atomic mass is 9.96. The van der Waals surface area contributed by atoms with Gasteiger partial charge in [0.2, 0.25) is 11.8 Å². The summed E-state index contributed by atoms with van der Waals surface area (Å²) in [4.78, 5) is 25.5. The maximum atomic E-state index is 16.7. The molecule has 0 bridgehead atoms. The van der Waals surface area contributed by atoms with E-state index in [1.54, 1.807) is 36.3 Å². The summed E-state index contributed by atoms with van der Waals surface area (Å²) < 4.78 is 24.2.